The van der Waals surface area contributed by atoms with E-state index in [2.05, 4.69) is 70.9 Å². The topological polar surface area (TPSA) is 37.4 Å². The van der Waals surface area contributed by atoms with Crippen LogP contribution >= 0.6 is 11.8 Å². The highest BCUT2D eigenvalue weighted by molar-refractivity contribution is 8.03. The van der Waals surface area contributed by atoms with E-state index in [1.54, 1.807) is 0 Å². The third-order valence-corrected chi connectivity index (χ3v) is 6.55. The number of nitrogens with zero attached hydrogens (tertiary/aromatic N) is 2. The fourth-order valence-electron chi connectivity index (χ4n) is 4.03. The Morgan fingerprint density at radius 2 is 2.00 bits per heavy atom. The van der Waals surface area contributed by atoms with E-state index in [4.69, 9.17) is 9.72 Å². The highest BCUT2D eigenvalue weighted by Gasteiger charge is 2.26. The monoisotopic (exact) mass is 403 g/mol. The number of para-hydroxylation sites is 1. The molecule has 0 bridgehead atoms. The van der Waals surface area contributed by atoms with Gasteiger partial charge in [0.05, 0.1) is 11.6 Å². The van der Waals surface area contributed by atoms with Crippen LogP contribution in [0.5, 0.6) is 5.75 Å². The molecule has 0 spiro atoms. The number of benzene rings is 2. The van der Waals surface area contributed by atoms with Gasteiger partial charge in [-0.1, -0.05) is 30.3 Å². The van der Waals surface area contributed by atoms with Crippen LogP contribution in [0.4, 0.5) is 5.82 Å². The van der Waals surface area contributed by atoms with Crippen molar-refractivity contribution in [1.82, 2.24) is 10.3 Å². The van der Waals surface area contributed by atoms with Crippen LogP contribution < -0.4 is 15.0 Å². The molecule has 5 heteroatoms. The van der Waals surface area contributed by atoms with Gasteiger partial charge in [-0.05, 0) is 54.8 Å². The van der Waals surface area contributed by atoms with E-state index in [0.717, 1.165) is 42.5 Å². The average Bonchev–Trinajstić information content (AvgIpc) is 3.45. The van der Waals surface area contributed by atoms with Gasteiger partial charge in [0.15, 0.2) is 0 Å². The Labute approximate surface area is 176 Å². The minimum atomic E-state index is 0.367. The summed E-state index contributed by atoms with van der Waals surface area (Å²) in [5.41, 5.74) is 2.28. The molecule has 148 valence electrons. The van der Waals surface area contributed by atoms with E-state index in [9.17, 15) is 0 Å². The van der Waals surface area contributed by atoms with Gasteiger partial charge in [0.1, 0.15) is 18.2 Å². The Morgan fingerprint density at radius 1 is 1.10 bits per heavy atom. The van der Waals surface area contributed by atoms with Crippen LogP contribution in [0.3, 0.4) is 0 Å². The molecule has 0 unspecified atom stereocenters. The summed E-state index contributed by atoms with van der Waals surface area (Å²) in [6.45, 7) is 2.70. The van der Waals surface area contributed by atoms with Crippen LogP contribution in [0, 0.1) is 0 Å². The Morgan fingerprint density at radius 3 is 2.86 bits per heavy atom. The molecule has 1 aromatic heterocycles. The molecule has 0 aliphatic carbocycles. The van der Waals surface area contributed by atoms with Crippen LogP contribution in [0.2, 0.25) is 0 Å². The normalized spacial score (nSPS) is 20.6. The molecule has 2 aliphatic rings. The third-order valence-electron chi connectivity index (χ3n) is 5.56. The van der Waals surface area contributed by atoms with Crippen molar-refractivity contribution in [1.29, 1.82) is 0 Å². The van der Waals surface area contributed by atoms with Gasteiger partial charge in [-0.2, -0.15) is 0 Å². The zero-order chi connectivity index (χ0) is 19.5. The molecule has 2 fully saturated rings. The fourth-order valence-corrected chi connectivity index (χ4v) is 4.84. The van der Waals surface area contributed by atoms with Crippen molar-refractivity contribution >= 4 is 34.6 Å². The quantitative estimate of drug-likeness (QED) is 0.655. The summed E-state index contributed by atoms with van der Waals surface area (Å²) < 4.78 is 6.15. The fraction of sp³-hybridized carbons (Fsp3) is 0.292. The molecule has 0 saturated carbocycles. The molecule has 3 heterocycles. The summed E-state index contributed by atoms with van der Waals surface area (Å²) in [6.07, 6.45) is 4.57. The van der Waals surface area contributed by atoms with Gasteiger partial charge in [-0.15, -0.1) is 11.8 Å². The molecule has 0 radical (unpaired) electrons. The molecule has 1 atom stereocenters. The van der Waals surface area contributed by atoms with E-state index in [1.807, 2.05) is 17.8 Å². The summed E-state index contributed by atoms with van der Waals surface area (Å²) in [4.78, 5) is 8.67. The number of rotatable bonds is 5. The number of hydrogen-bond donors (Lipinski definition) is 1. The Kier molecular flexibility index (Phi) is 5.41. The number of ether oxygens (including phenoxy) is 1. The molecule has 5 rings (SSSR count). The summed E-state index contributed by atoms with van der Waals surface area (Å²) in [7, 11) is 0. The maximum atomic E-state index is 6.15. The number of thioether (sulfide) groups is 1. The minimum absolute atomic E-state index is 0.367. The molecular weight excluding hydrogens is 378 g/mol. The first kappa shape index (κ1) is 18.5. The lowest BCUT2D eigenvalue weighted by molar-refractivity contribution is 0.288. The van der Waals surface area contributed by atoms with Crippen LogP contribution in [-0.2, 0) is 0 Å². The van der Waals surface area contributed by atoms with Gasteiger partial charge in [0.2, 0.25) is 0 Å². The number of anilines is 1. The lowest BCUT2D eigenvalue weighted by atomic mass is 10.2. The molecule has 2 aromatic carbocycles. The van der Waals surface area contributed by atoms with E-state index in [0.29, 0.717) is 12.6 Å². The standard InChI is InChI=1S/C24H25N3OS/c1-2-6-23-19(4-1)9-12-24(26-23)27-13-3-5-20(27)16-28-21-10-7-18(8-11-21)14-22-15-25-17-29-22/h1-2,4,6-12,14,20,25H,3,5,13,15-17H2/t20-/m1/s1. The van der Waals surface area contributed by atoms with Gasteiger partial charge in [-0.25, -0.2) is 4.98 Å². The van der Waals surface area contributed by atoms with Crippen molar-refractivity contribution in [3.63, 3.8) is 0 Å². The molecule has 2 aliphatic heterocycles. The smallest absolute Gasteiger partial charge is 0.129 e. The van der Waals surface area contributed by atoms with Crippen LogP contribution in [0.25, 0.3) is 17.0 Å². The SMILES string of the molecule is C(=C1CNCS1)c1ccc(OC[C@H]2CCCN2c2ccc3ccccc3n2)cc1. The third kappa shape index (κ3) is 4.26. The molecule has 3 aromatic rings. The first-order valence-electron chi connectivity index (χ1n) is 10.2. The largest absolute Gasteiger partial charge is 0.491 e. The molecule has 0 amide bonds. The van der Waals surface area contributed by atoms with E-state index in [-0.39, 0.29) is 0 Å². The maximum absolute atomic E-state index is 6.15. The van der Waals surface area contributed by atoms with Gasteiger partial charge >= 0.3 is 0 Å². The molecule has 4 nitrogen and oxygen atoms in total. The molecule has 29 heavy (non-hydrogen) atoms. The summed E-state index contributed by atoms with van der Waals surface area (Å²) in [5, 5.41) is 4.53. The van der Waals surface area contributed by atoms with Gasteiger partial charge < -0.3 is 15.0 Å². The zero-order valence-corrected chi connectivity index (χ0v) is 17.2. The van der Waals surface area contributed by atoms with E-state index < -0.39 is 0 Å². The second kappa shape index (κ2) is 8.47. The lowest BCUT2D eigenvalue weighted by Gasteiger charge is -2.26. The number of fused-ring (bicyclic) bond motifs is 1. The Hall–Kier alpha value is -2.50. The van der Waals surface area contributed by atoms with Crippen molar-refractivity contribution in [3.05, 3.63) is 71.1 Å². The number of hydrogen-bond acceptors (Lipinski definition) is 5. The zero-order valence-electron chi connectivity index (χ0n) is 16.4. The van der Waals surface area contributed by atoms with Crippen molar-refractivity contribution in [2.24, 2.45) is 0 Å². The predicted molar refractivity (Wildman–Crippen MR) is 122 cm³/mol. The summed E-state index contributed by atoms with van der Waals surface area (Å²) >= 11 is 1.87. The predicted octanol–water partition coefficient (Wildman–Crippen LogP) is 4.92. The Balaban J connectivity index is 1.24. The highest BCUT2D eigenvalue weighted by Crippen LogP contribution is 2.27. The van der Waals surface area contributed by atoms with Crippen LogP contribution in [0.1, 0.15) is 18.4 Å². The highest BCUT2D eigenvalue weighted by atomic mass is 32.2. The average molecular weight is 404 g/mol. The van der Waals surface area contributed by atoms with Crippen LogP contribution in [-0.4, -0.2) is 36.6 Å². The first-order chi connectivity index (χ1) is 14.3. The van der Waals surface area contributed by atoms with Crippen molar-refractivity contribution in [2.45, 2.75) is 18.9 Å². The second-order valence-corrected chi connectivity index (χ2v) is 8.66. The van der Waals surface area contributed by atoms with Gasteiger partial charge in [0, 0.05) is 29.3 Å². The van der Waals surface area contributed by atoms with Gasteiger partial charge in [-0.3, -0.25) is 0 Å². The lowest BCUT2D eigenvalue weighted by Crippen LogP contribution is -2.34. The maximum Gasteiger partial charge on any atom is 0.129 e. The molecule has 1 N–H and O–H groups in total. The van der Waals surface area contributed by atoms with Crippen molar-refractivity contribution in [3.8, 4) is 5.75 Å². The van der Waals surface area contributed by atoms with E-state index >= 15 is 0 Å². The second-order valence-electron chi connectivity index (χ2n) is 7.56. The number of aromatic nitrogens is 1. The Bertz CT molecular complexity index is 1010. The van der Waals surface area contributed by atoms with Crippen molar-refractivity contribution in [2.75, 3.05) is 30.5 Å². The molecule has 2 saturated heterocycles. The molecular formula is C24H25N3OS. The first-order valence-corrected chi connectivity index (χ1v) is 11.2. The van der Waals surface area contributed by atoms with Crippen LogP contribution in [0.15, 0.2) is 65.6 Å². The van der Waals surface area contributed by atoms with Gasteiger partial charge in [0.25, 0.3) is 0 Å². The number of pyridine rings is 1. The number of nitrogens with one attached hydrogen (secondary N) is 1. The summed E-state index contributed by atoms with van der Waals surface area (Å²) in [6, 6.07) is 21.4. The summed E-state index contributed by atoms with van der Waals surface area (Å²) in [5.74, 6) is 3.00. The minimum Gasteiger partial charge on any atom is -0.491 e. The van der Waals surface area contributed by atoms with E-state index in [1.165, 1.54) is 22.3 Å². The van der Waals surface area contributed by atoms with Crippen molar-refractivity contribution < 1.29 is 4.74 Å².